The molecule has 3 heteroatoms. The molecule has 0 saturated carbocycles. The van der Waals surface area contributed by atoms with Crippen LogP contribution in [0.1, 0.15) is 6.92 Å². The molecule has 1 aliphatic heterocycles. The lowest BCUT2D eigenvalue weighted by Gasteiger charge is -2.10. The van der Waals surface area contributed by atoms with Gasteiger partial charge in [-0.1, -0.05) is 19.6 Å². The van der Waals surface area contributed by atoms with Crippen molar-refractivity contribution in [3.63, 3.8) is 0 Å². The van der Waals surface area contributed by atoms with Gasteiger partial charge in [-0.2, -0.15) is 0 Å². The first kappa shape index (κ1) is 9.26. The van der Waals surface area contributed by atoms with Crippen LogP contribution in [0.3, 0.4) is 0 Å². The zero-order valence-electron chi connectivity index (χ0n) is 7.29. The SMILES string of the molecule is C=CCOC(=O)C1COCC1C. The standard InChI is InChI=1S/C9H14O3/c1-3-4-12-9(10)8-6-11-5-7(8)2/h3,7-8H,1,4-6H2,2H3. The summed E-state index contributed by atoms with van der Waals surface area (Å²) in [5.74, 6) is 0.0344. The van der Waals surface area contributed by atoms with Crippen molar-refractivity contribution in [1.29, 1.82) is 0 Å². The Morgan fingerprint density at radius 2 is 2.50 bits per heavy atom. The first-order chi connectivity index (χ1) is 5.75. The minimum absolute atomic E-state index is 0.0788. The van der Waals surface area contributed by atoms with Crippen LogP contribution in [0.15, 0.2) is 12.7 Å². The van der Waals surface area contributed by atoms with E-state index in [0.29, 0.717) is 19.8 Å². The first-order valence-corrected chi connectivity index (χ1v) is 4.11. The molecule has 0 amide bonds. The van der Waals surface area contributed by atoms with E-state index in [1.165, 1.54) is 0 Å². The molecule has 68 valence electrons. The van der Waals surface area contributed by atoms with Crippen LogP contribution >= 0.6 is 0 Å². The molecule has 1 aliphatic rings. The molecule has 2 unspecified atom stereocenters. The van der Waals surface area contributed by atoms with Crippen molar-refractivity contribution in [2.24, 2.45) is 11.8 Å². The highest BCUT2D eigenvalue weighted by Crippen LogP contribution is 2.20. The Balaban J connectivity index is 2.35. The maximum absolute atomic E-state index is 11.3. The summed E-state index contributed by atoms with van der Waals surface area (Å²) < 4.78 is 10.1. The van der Waals surface area contributed by atoms with E-state index in [9.17, 15) is 4.79 Å². The van der Waals surface area contributed by atoms with Gasteiger partial charge in [0.25, 0.3) is 0 Å². The van der Waals surface area contributed by atoms with E-state index in [2.05, 4.69) is 6.58 Å². The van der Waals surface area contributed by atoms with Gasteiger partial charge in [0.1, 0.15) is 6.61 Å². The second-order valence-corrected chi connectivity index (χ2v) is 3.04. The summed E-state index contributed by atoms with van der Waals surface area (Å²) in [4.78, 5) is 11.3. The van der Waals surface area contributed by atoms with Crippen molar-refractivity contribution in [3.8, 4) is 0 Å². The van der Waals surface area contributed by atoms with Crippen LogP contribution in [-0.2, 0) is 14.3 Å². The minimum Gasteiger partial charge on any atom is -0.461 e. The van der Waals surface area contributed by atoms with E-state index in [4.69, 9.17) is 9.47 Å². The van der Waals surface area contributed by atoms with Crippen LogP contribution in [0.4, 0.5) is 0 Å². The van der Waals surface area contributed by atoms with Gasteiger partial charge in [0, 0.05) is 0 Å². The fraction of sp³-hybridized carbons (Fsp3) is 0.667. The fourth-order valence-electron chi connectivity index (χ4n) is 1.21. The zero-order valence-corrected chi connectivity index (χ0v) is 7.29. The van der Waals surface area contributed by atoms with E-state index in [0.717, 1.165) is 0 Å². The third-order valence-electron chi connectivity index (χ3n) is 2.01. The predicted molar refractivity (Wildman–Crippen MR) is 44.6 cm³/mol. The van der Waals surface area contributed by atoms with Crippen molar-refractivity contribution in [2.75, 3.05) is 19.8 Å². The third-order valence-corrected chi connectivity index (χ3v) is 2.01. The van der Waals surface area contributed by atoms with Gasteiger partial charge < -0.3 is 9.47 Å². The number of carbonyl (C=O) groups is 1. The highest BCUT2D eigenvalue weighted by molar-refractivity contribution is 5.73. The van der Waals surface area contributed by atoms with Crippen LogP contribution in [0.2, 0.25) is 0 Å². The second-order valence-electron chi connectivity index (χ2n) is 3.04. The molecule has 2 atom stereocenters. The lowest BCUT2D eigenvalue weighted by atomic mass is 9.99. The van der Waals surface area contributed by atoms with Gasteiger partial charge in [-0.15, -0.1) is 0 Å². The minimum atomic E-state index is -0.167. The summed E-state index contributed by atoms with van der Waals surface area (Å²) in [6.07, 6.45) is 1.57. The van der Waals surface area contributed by atoms with Crippen molar-refractivity contribution < 1.29 is 14.3 Å². The fourth-order valence-corrected chi connectivity index (χ4v) is 1.21. The zero-order chi connectivity index (χ0) is 8.97. The van der Waals surface area contributed by atoms with E-state index >= 15 is 0 Å². The average Bonchev–Trinajstić information content (AvgIpc) is 2.47. The van der Waals surface area contributed by atoms with E-state index in [1.54, 1.807) is 6.08 Å². The molecular formula is C9H14O3. The average molecular weight is 170 g/mol. The van der Waals surface area contributed by atoms with Crippen LogP contribution < -0.4 is 0 Å². The molecule has 0 aromatic carbocycles. The van der Waals surface area contributed by atoms with Gasteiger partial charge in [0.05, 0.1) is 19.1 Å². The van der Waals surface area contributed by atoms with Gasteiger partial charge in [-0.3, -0.25) is 4.79 Å². The number of hydrogen-bond donors (Lipinski definition) is 0. The molecule has 0 spiro atoms. The first-order valence-electron chi connectivity index (χ1n) is 4.11. The normalized spacial score (nSPS) is 28.4. The number of rotatable bonds is 3. The quantitative estimate of drug-likeness (QED) is 0.468. The summed E-state index contributed by atoms with van der Waals surface area (Å²) in [6, 6.07) is 0. The summed E-state index contributed by atoms with van der Waals surface area (Å²) in [5.41, 5.74) is 0. The van der Waals surface area contributed by atoms with Crippen molar-refractivity contribution in [2.45, 2.75) is 6.92 Å². The smallest absolute Gasteiger partial charge is 0.311 e. The molecule has 12 heavy (non-hydrogen) atoms. The molecular weight excluding hydrogens is 156 g/mol. The molecule has 0 aromatic rings. The Bertz CT molecular complexity index is 177. The lowest BCUT2D eigenvalue weighted by Crippen LogP contribution is -2.22. The number of esters is 1. The second kappa shape index (κ2) is 4.26. The largest absolute Gasteiger partial charge is 0.461 e. The predicted octanol–water partition coefficient (Wildman–Crippen LogP) is 0.998. The molecule has 0 bridgehead atoms. The van der Waals surface area contributed by atoms with Crippen LogP contribution in [0, 0.1) is 11.8 Å². The van der Waals surface area contributed by atoms with E-state index < -0.39 is 0 Å². The van der Waals surface area contributed by atoms with E-state index in [-0.39, 0.29) is 17.8 Å². The van der Waals surface area contributed by atoms with Gasteiger partial charge in [0.2, 0.25) is 0 Å². The molecule has 3 nitrogen and oxygen atoms in total. The summed E-state index contributed by atoms with van der Waals surface area (Å²) in [6.45, 7) is 6.91. The molecule has 1 fully saturated rings. The summed E-state index contributed by atoms with van der Waals surface area (Å²) in [7, 11) is 0. The molecule has 0 aromatic heterocycles. The molecule has 1 saturated heterocycles. The summed E-state index contributed by atoms with van der Waals surface area (Å²) >= 11 is 0. The maximum atomic E-state index is 11.3. The summed E-state index contributed by atoms with van der Waals surface area (Å²) in [5, 5.41) is 0. The topological polar surface area (TPSA) is 35.5 Å². The Morgan fingerprint density at radius 3 is 3.00 bits per heavy atom. The molecule has 0 N–H and O–H groups in total. The lowest BCUT2D eigenvalue weighted by molar-refractivity contribution is -0.148. The Labute approximate surface area is 72.4 Å². The van der Waals surface area contributed by atoms with Crippen molar-refractivity contribution >= 4 is 5.97 Å². The molecule has 0 aliphatic carbocycles. The Morgan fingerprint density at radius 1 is 1.75 bits per heavy atom. The molecule has 1 rings (SSSR count). The monoisotopic (exact) mass is 170 g/mol. The number of hydrogen-bond acceptors (Lipinski definition) is 3. The van der Waals surface area contributed by atoms with Crippen molar-refractivity contribution in [3.05, 3.63) is 12.7 Å². The van der Waals surface area contributed by atoms with Gasteiger partial charge in [-0.05, 0) is 5.92 Å². The number of ether oxygens (including phenoxy) is 2. The highest BCUT2D eigenvalue weighted by Gasteiger charge is 2.31. The Hall–Kier alpha value is -0.830. The molecule has 0 radical (unpaired) electrons. The van der Waals surface area contributed by atoms with Crippen molar-refractivity contribution in [1.82, 2.24) is 0 Å². The van der Waals surface area contributed by atoms with Gasteiger partial charge >= 0.3 is 5.97 Å². The van der Waals surface area contributed by atoms with Crippen LogP contribution in [0.25, 0.3) is 0 Å². The highest BCUT2D eigenvalue weighted by atomic mass is 16.5. The van der Waals surface area contributed by atoms with Crippen LogP contribution in [0.5, 0.6) is 0 Å². The maximum Gasteiger partial charge on any atom is 0.311 e. The molecule has 1 heterocycles. The van der Waals surface area contributed by atoms with Gasteiger partial charge in [0.15, 0.2) is 0 Å². The number of carbonyl (C=O) groups excluding carboxylic acids is 1. The third kappa shape index (κ3) is 2.08. The Kier molecular flexibility index (Phi) is 3.29. The van der Waals surface area contributed by atoms with Crippen LogP contribution in [-0.4, -0.2) is 25.8 Å². The van der Waals surface area contributed by atoms with E-state index in [1.807, 2.05) is 6.92 Å². The van der Waals surface area contributed by atoms with Gasteiger partial charge in [-0.25, -0.2) is 0 Å².